The van der Waals surface area contributed by atoms with E-state index in [1.807, 2.05) is 12.1 Å². The van der Waals surface area contributed by atoms with Crippen LogP contribution in [0.15, 0.2) is 18.2 Å². The molecule has 0 aliphatic heterocycles. The third-order valence-electron chi connectivity index (χ3n) is 3.50. The van der Waals surface area contributed by atoms with E-state index in [-0.39, 0.29) is 0 Å². The van der Waals surface area contributed by atoms with Gasteiger partial charge in [0.05, 0.1) is 0 Å². The van der Waals surface area contributed by atoms with Gasteiger partial charge in [0.2, 0.25) is 0 Å². The van der Waals surface area contributed by atoms with Crippen molar-refractivity contribution in [3.05, 3.63) is 23.9 Å². The van der Waals surface area contributed by atoms with Crippen molar-refractivity contribution in [2.45, 2.75) is 32.1 Å². The molecule has 1 aromatic heterocycles. The Bertz CT molecular complexity index is 402. The molecule has 1 aromatic rings. The molecule has 0 unspecified atom stereocenters. The topological polar surface area (TPSA) is 39.9 Å². The first kappa shape index (κ1) is 11.9. The van der Waals surface area contributed by atoms with Gasteiger partial charge in [-0.2, -0.15) is 5.26 Å². The zero-order valence-electron chi connectivity index (χ0n) is 10.4. The standard InChI is InChI=1S/C14H19N3/c1-17(11-12-6-3-2-4-7-12)14-9-5-8-13(10-15)16-14/h5,8-9,12H,2-4,6-7,11H2,1H3. The van der Waals surface area contributed by atoms with Crippen LogP contribution in [-0.4, -0.2) is 18.6 Å². The molecule has 90 valence electrons. The molecule has 0 amide bonds. The highest BCUT2D eigenvalue weighted by Crippen LogP contribution is 2.25. The maximum Gasteiger partial charge on any atom is 0.142 e. The smallest absolute Gasteiger partial charge is 0.142 e. The largest absolute Gasteiger partial charge is 0.359 e. The van der Waals surface area contributed by atoms with Gasteiger partial charge in [0.15, 0.2) is 0 Å². The first-order valence-corrected chi connectivity index (χ1v) is 6.38. The van der Waals surface area contributed by atoms with Crippen LogP contribution in [0.25, 0.3) is 0 Å². The molecular weight excluding hydrogens is 210 g/mol. The average molecular weight is 229 g/mol. The molecule has 1 aliphatic rings. The molecule has 1 fully saturated rings. The molecule has 1 heterocycles. The van der Waals surface area contributed by atoms with Gasteiger partial charge in [0, 0.05) is 13.6 Å². The van der Waals surface area contributed by atoms with E-state index in [0.29, 0.717) is 5.69 Å². The van der Waals surface area contributed by atoms with Gasteiger partial charge in [0.25, 0.3) is 0 Å². The lowest BCUT2D eigenvalue weighted by Gasteiger charge is -2.27. The van der Waals surface area contributed by atoms with E-state index in [1.165, 1.54) is 32.1 Å². The fourth-order valence-electron chi connectivity index (χ4n) is 2.55. The lowest BCUT2D eigenvalue weighted by molar-refractivity contribution is 0.361. The van der Waals surface area contributed by atoms with Crippen LogP contribution in [0.1, 0.15) is 37.8 Å². The summed E-state index contributed by atoms with van der Waals surface area (Å²) in [5.74, 6) is 1.70. The van der Waals surface area contributed by atoms with Crippen molar-refractivity contribution in [1.29, 1.82) is 5.26 Å². The summed E-state index contributed by atoms with van der Waals surface area (Å²) < 4.78 is 0. The molecule has 2 rings (SSSR count). The van der Waals surface area contributed by atoms with Crippen LogP contribution in [0.4, 0.5) is 5.82 Å². The van der Waals surface area contributed by atoms with Gasteiger partial charge >= 0.3 is 0 Å². The molecule has 0 spiro atoms. The van der Waals surface area contributed by atoms with E-state index in [4.69, 9.17) is 5.26 Å². The van der Waals surface area contributed by atoms with E-state index in [0.717, 1.165) is 18.3 Å². The summed E-state index contributed by atoms with van der Waals surface area (Å²) in [4.78, 5) is 6.50. The Kier molecular flexibility index (Phi) is 3.98. The van der Waals surface area contributed by atoms with Crippen molar-refractivity contribution in [3.63, 3.8) is 0 Å². The van der Waals surface area contributed by atoms with E-state index < -0.39 is 0 Å². The second-order valence-corrected chi connectivity index (χ2v) is 4.88. The summed E-state index contributed by atoms with van der Waals surface area (Å²) in [6.45, 7) is 1.06. The molecule has 1 aliphatic carbocycles. The Morgan fingerprint density at radius 3 is 2.82 bits per heavy atom. The van der Waals surface area contributed by atoms with Crippen molar-refractivity contribution in [1.82, 2.24) is 4.98 Å². The van der Waals surface area contributed by atoms with Crippen LogP contribution < -0.4 is 4.90 Å². The molecule has 0 bridgehead atoms. The minimum Gasteiger partial charge on any atom is -0.359 e. The number of aromatic nitrogens is 1. The molecule has 3 heteroatoms. The van der Waals surface area contributed by atoms with Gasteiger partial charge in [-0.05, 0) is 30.9 Å². The van der Waals surface area contributed by atoms with E-state index in [2.05, 4.69) is 23.0 Å². The maximum atomic E-state index is 8.83. The molecule has 0 aromatic carbocycles. The van der Waals surface area contributed by atoms with Crippen molar-refractivity contribution in [2.75, 3.05) is 18.5 Å². The Morgan fingerprint density at radius 1 is 1.35 bits per heavy atom. The van der Waals surface area contributed by atoms with Crippen molar-refractivity contribution in [2.24, 2.45) is 5.92 Å². The molecule has 17 heavy (non-hydrogen) atoms. The normalized spacial score (nSPS) is 16.5. The van der Waals surface area contributed by atoms with Crippen molar-refractivity contribution >= 4 is 5.82 Å². The number of rotatable bonds is 3. The number of hydrogen-bond donors (Lipinski definition) is 0. The minimum absolute atomic E-state index is 0.498. The molecule has 1 saturated carbocycles. The highest BCUT2D eigenvalue weighted by molar-refractivity contribution is 5.40. The third kappa shape index (κ3) is 3.20. The van der Waals surface area contributed by atoms with Crippen LogP contribution in [-0.2, 0) is 0 Å². The fourth-order valence-corrected chi connectivity index (χ4v) is 2.55. The quantitative estimate of drug-likeness (QED) is 0.800. The van der Waals surface area contributed by atoms with Crippen LogP contribution >= 0.6 is 0 Å². The SMILES string of the molecule is CN(CC1CCCCC1)c1cccc(C#N)n1. The van der Waals surface area contributed by atoms with Gasteiger partial charge in [0.1, 0.15) is 17.6 Å². The number of pyridine rings is 1. The highest BCUT2D eigenvalue weighted by atomic mass is 15.2. The lowest BCUT2D eigenvalue weighted by atomic mass is 9.89. The van der Waals surface area contributed by atoms with Crippen molar-refractivity contribution < 1.29 is 0 Å². The van der Waals surface area contributed by atoms with Crippen molar-refractivity contribution in [3.8, 4) is 6.07 Å². The number of nitrogens with zero attached hydrogens (tertiary/aromatic N) is 3. The molecular formula is C14H19N3. The Labute approximate surface area is 103 Å². The second kappa shape index (κ2) is 5.67. The first-order valence-electron chi connectivity index (χ1n) is 6.38. The van der Waals surface area contributed by atoms with Gasteiger partial charge in [-0.15, -0.1) is 0 Å². The number of anilines is 1. The van der Waals surface area contributed by atoms with Gasteiger partial charge < -0.3 is 4.90 Å². The summed E-state index contributed by atoms with van der Waals surface area (Å²) in [6, 6.07) is 7.71. The van der Waals surface area contributed by atoms with Crippen LogP contribution in [0.2, 0.25) is 0 Å². The first-order chi connectivity index (χ1) is 8.29. The zero-order valence-corrected chi connectivity index (χ0v) is 10.4. The summed E-state index contributed by atoms with van der Waals surface area (Å²) in [5.41, 5.74) is 0.498. The van der Waals surface area contributed by atoms with Gasteiger partial charge in [-0.1, -0.05) is 25.3 Å². The van der Waals surface area contributed by atoms with Gasteiger partial charge in [-0.3, -0.25) is 0 Å². The zero-order chi connectivity index (χ0) is 12.1. The summed E-state index contributed by atoms with van der Waals surface area (Å²) in [5, 5.41) is 8.83. The van der Waals surface area contributed by atoms with Crippen LogP contribution in [0, 0.1) is 17.2 Å². The molecule has 0 N–H and O–H groups in total. The minimum atomic E-state index is 0.498. The predicted molar refractivity (Wildman–Crippen MR) is 68.8 cm³/mol. The van der Waals surface area contributed by atoms with E-state index >= 15 is 0 Å². The molecule has 0 radical (unpaired) electrons. The monoisotopic (exact) mass is 229 g/mol. The molecule has 3 nitrogen and oxygen atoms in total. The van der Waals surface area contributed by atoms with Crippen LogP contribution in [0.3, 0.4) is 0 Å². The van der Waals surface area contributed by atoms with Gasteiger partial charge in [-0.25, -0.2) is 4.98 Å². The number of hydrogen-bond acceptors (Lipinski definition) is 3. The maximum absolute atomic E-state index is 8.83. The Morgan fingerprint density at radius 2 is 2.12 bits per heavy atom. The summed E-state index contributed by atoms with van der Waals surface area (Å²) in [6.07, 6.45) is 6.79. The van der Waals surface area contributed by atoms with E-state index in [9.17, 15) is 0 Å². The Balaban J connectivity index is 1.98. The Hall–Kier alpha value is -1.56. The molecule has 0 atom stereocenters. The average Bonchev–Trinajstić information content (AvgIpc) is 2.40. The summed E-state index contributed by atoms with van der Waals surface area (Å²) in [7, 11) is 2.07. The third-order valence-corrected chi connectivity index (χ3v) is 3.50. The number of nitriles is 1. The van der Waals surface area contributed by atoms with E-state index in [1.54, 1.807) is 6.07 Å². The molecule has 0 saturated heterocycles. The summed E-state index contributed by atoms with van der Waals surface area (Å²) >= 11 is 0. The highest BCUT2D eigenvalue weighted by Gasteiger charge is 2.16. The fraction of sp³-hybridized carbons (Fsp3) is 0.571. The van der Waals surface area contributed by atoms with Crippen LogP contribution in [0.5, 0.6) is 0 Å². The predicted octanol–water partition coefficient (Wildman–Crippen LogP) is 2.97. The second-order valence-electron chi connectivity index (χ2n) is 4.88. The lowest BCUT2D eigenvalue weighted by Crippen LogP contribution is -2.27.